The van der Waals surface area contributed by atoms with Crippen molar-refractivity contribution in [2.75, 3.05) is 0 Å². The molecule has 0 N–H and O–H groups in total. The number of carbonyl (C=O) groups excluding carboxylic acids is 1. The highest BCUT2D eigenvalue weighted by Crippen LogP contribution is 2.22. The number of aromatic nitrogens is 1. The largest absolute Gasteiger partial charge is 0.288 e. The molecule has 0 saturated carbocycles. The summed E-state index contributed by atoms with van der Waals surface area (Å²) in [6.45, 7) is 4.05. The van der Waals surface area contributed by atoms with Crippen LogP contribution in [0.4, 0.5) is 0 Å². The summed E-state index contributed by atoms with van der Waals surface area (Å²) < 4.78 is 0. The Kier molecular flexibility index (Phi) is 2.64. The van der Waals surface area contributed by atoms with Crippen molar-refractivity contribution in [3.8, 4) is 0 Å². The molecule has 0 fully saturated rings. The highest BCUT2D eigenvalue weighted by Gasteiger charge is 2.12. The summed E-state index contributed by atoms with van der Waals surface area (Å²) in [5.41, 5.74) is 1.82. The van der Waals surface area contributed by atoms with Gasteiger partial charge in [0.25, 0.3) is 0 Å². The molecule has 0 aliphatic carbocycles. The average molecular weight is 217 g/mol. The van der Waals surface area contributed by atoms with Crippen molar-refractivity contribution < 1.29 is 4.79 Å². The maximum atomic E-state index is 12.0. The topological polar surface area (TPSA) is 30.0 Å². The molecule has 0 amide bonds. The van der Waals surface area contributed by atoms with Crippen LogP contribution in [0.5, 0.6) is 0 Å². The summed E-state index contributed by atoms with van der Waals surface area (Å²) in [5, 5.41) is 0. The van der Waals surface area contributed by atoms with Gasteiger partial charge in [-0.25, -0.2) is 0 Å². The number of ketones is 1. The van der Waals surface area contributed by atoms with E-state index in [1.165, 1.54) is 21.8 Å². The van der Waals surface area contributed by atoms with Crippen molar-refractivity contribution in [3.63, 3.8) is 0 Å². The lowest BCUT2D eigenvalue weighted by Gasteiger charge is -1.95. The second kappa shape index (κ2) is 3.95. The van der Waals surface area contributed by atoms with E-state index in [4.69, 9.17) is 0 Å². The van der Waals surface area contributed by atoms with E-state index in [1.54, 1.807) is 24.5 Å². The van der Waals surface area contributed by atoms with Crippen molar-refractivity contribution in [2.45, 2.75) is 13.8 Å². The summed E-state index contributed by atoms with van der Waals surface area (Å²) >= 11 is 1.54. The first-order valence-corrected chi connectivity index (χ1v) is 5.52. The van der Waals surface area contributed by atoms with Crippen molar-refractivity contribution >= 4 is 17.1 Å². The van der Waals surface area contributed by atoms with Gasteiger partial charge in [-0.1, -0.05) is 0 Å². The molecule has 0 radical (unpaired) electrons. The summed E-state index contributed by atoms with van der Waals surface area (Å²) in [7, 11) is 0. The minimum absolute atomic E-state index is 0.0595. The van der Waals surface area contributed by atoms with Crippen LogP contribution in [0.25, 0.3) is 0 Å². The highest BCUT2D eigenvalue weighted by atomic mass is 32.1. The molecule has 3 heteroatoms. The van der Waals surface area contributed by atoms with Crippen LogP contribution in [0.2, 0.25) is 0 Å². The molecule has 76 valence electrons. The van der Waals surface area contributed by atoms with Crippen LogP contribution in [0.3, 0.4) is 0 Å². The zero-order chi connectivity index (χ0) is 10.8. The first-order chi connectivity index (χ1) is 7.18. The third-order valence-electron chi connectivity index (χ3n) is 2.31. The van der Waals surface area contributed by atoms with Crippen molar-refractivity contribution in [1.82, 2.24) is 4.98 Å². The van der Waals surface area contributed by atoms with Crippen LogP contribution in [0.1, 0.15) is 25.7 Å². The maximum Gasteiger partial charge on any atom is 0.204 e. The zero-order valence-corrected chi connectivity index (χ0v) is 9.47. The van der Waals surface area contributed by atoms with Gasteiger partial charge in [-0.05, 0) is 37.6 Å². The van der Waals surface area contributed by atoms with Gasteiger partial charge >= 0.3 is 0 Å². The van der Waals surface area contributed by atoms with Crippen LogP contribution >= 0.6 is 11.3 Å². The normalized spacial score (nSPS) is 10.3. The Morgan fingerprint density at radius 1 is 1.40 bits per heavy atom. The van der Waals surface area contributed by atoms with Gasteiger partial charge in [0.05, 0.1) is 4.88 Å². The number of pyridine rings is 1. The third-order valence-corrected chi connectivity index (χ3v) is 3.46. The van der Waals surface area contributed by atoms with Crippen molar-refractivity contribution in [3.05, 3.63) is 51.5 Å². The van der Waals surface area contributed by atoms with E-state index in [0.717, 1.165) is 4.88 Å². The van der Waals surface area contributed by atoms with Gasteiger partial charge in [-0.2, -0.15) is 0 Å². The molecule has 2 heterocycles. The number of carbonyl (C=O) groups is 1. The standard InChI is InChI=1S/C12H11NOS/c1-8-6-11(15-9(8)2)12(14)10-4-3-5-13-7-10/h3-7H,1-2H3. The fourth-order valence-electron chi connectivity index (χ4n) is 1.32. The summed E-state index contributed by atoms with van der Waals surface area (Å²) in [5.74, 6) is 0.0595. The summed E-state index contributed by atoms with van der Waals surface area (Å²) in [6, 6.07) is 5.51. The SMILES string of the molecule is Cc1cc(C(=O)c2cccnc2)sc1C. The molecule has 0 aliphatic rings. The molecule has 2 aromatic heterocycles. The Morgan fingerprint density at radius 2 is 2.20 bits per heavy atom. The second-order valence-corrected chi connectivity index (χ2v) is 4.68. The van der Waals surface area contributed by atoms with Gasteiger partial charge in [0.15, 0.2) is 0 Å². The van der Waals surface area contributed by atoms with Gasteiger partial charge in [-0.15, -0.1) is 11.3 Å². The first kappa shape index (κ1) is 10.1. The second-order valence-electron chi connectivity index (χ2n) is 3.42. The fourth-order valence-corrected chi connectivity index (χ4v) is 2.32. The third kappa shape index (κ3) is 1.97. The van der Waals surface area contributed by atoms with Crippen LogP contribution in [0.15, 0.2) is 30.6 Å². The number of hydrogen-bond donors (Lipinski definition) is 0. The molecule has 0 atom stereocenters. The number of rotatable bonds is 2. The van der Waals surface area contributed by atoms with Crippen molar-refractivity contribution in [1.29, 1.82) is 0 Å². The Balaban J connectivity index is 2.37. The average Bonchev–Trinajstić information content (AvgIpc) is 2.59. The van der Waals surface area contributed by atoms with Gasteiger partial charge in [-0.3, -0.25) is 9.78 Å². The molecular weight excluding hydrogens is 206 g/mol. The van der Waals surface area contributed by atoms with Crippen LogP contribution < -0.4 is 0 Å². The van der Waals surface area contributed by atoms with E-state index >= 15 is 0 Å². The molecule has 0 saturated heterocycles. The van der Waals surface area contributed by atoms with E-state index < -0.39 is 0 Å². The highest BCUT2D eigenvalue weighted by molar-refractivity contribution is 7.14. The number of aryl methyl sites for hydroxylation is 2. The smallest absolute Gasteiger partial charge is 0.204 e. The molecule has 0 bridgehead atoms. The molecular formula is C12H11NOS. The van der Waals surface area contributed by atoms with E-state index in [2.05, 4.69) is 4.98 Å². The number of hydrogen-bond acceptors (Lipinski definition) is 3. The lowest BCUT2D eigenvalue weighted by molar-refractivity contribution is 0.104. The zero-order valence-electron chi connectivity index (χ0n) is 8.65. The molecule has 0 spiro atoms. The van der Waals surface area contributed by atoms with Crippen molar-refractivity contribution in [2.24, 2.45) is 0 Å². The minimum Gasteiger partial charge on any atom is -0.288 e. The van der Waals surface area contributed by atoms with Crippen LogP contribution in [-0.2, 0) is 0 Å². The Morgan fingerprint density at radius 3 is 2.73 bits per heavy atom. The molecule has 2 aromatic rings. The van der Waals surface area contributed by atoms with Gasteiger partial charge in [0.1, 0.15) is 0 Å². The Bertz CT molecular complexity index is 468. The molecule has 2 rings (SSSR count). The number of thiophene rings is 1. The molecule has 0 aromatic carbocycles. The molecule has 15 heavy (non-hydrogen) atoms. The lowest BCUT2D eigenvalue weighted by Crippen LogP contribution is -1.98. The lowest BCUT2D eigenvalue weighted by atomic mass is 10.1. The fraction of sp³-hybridized carbons (Fsp3) is 0.167. The summed E-state index contributed by atoms with van der Waals surface area (Å²) in [6.07, 6.45) is 3.27. The van der Waals surface area contributed by atoms with E-state index in [0.29, 0.717) is 5.56 Å². The van der Waals surface area contributed by atoms with Crippen LogP contribution in [-0.4, -0.2) is 10.8 Å². The minimum atomic E-state index is 0.0595. The predicted molar refractivity (Wildman–Crippen MR) is 61.5 cm³/mol. The van der Waals surface area contributed by atoms with Crippen LogP contribution in [0, 0.1) is 13.8 Å². The molecule has 2 nitrogen and oxygen atoms in total. The summed E-state index contributed by atoms with van der Waals surface area (Å²) in [4.78, 5) is 17.9. The number of nitrogens with zero attached hydrogens (tertiary/aromatic N) is 1. The van der Waals surface area contributed by atoms with E-state index in [9.17, 15) is 4.79 Å². The van der Waals surface area contributed by atoms with Gasteiger partial charge in [0, 0.05) is 22.8 Å². The predicted octanol–water partition coefficient (Wildman–Crippen LogP) is 2.99. The van der Waals surface area contributed by atoms with E-state index in [1.807, 2.05) is 19.9 Å². The van der Waals surface area contributed by atoms with E-state index in [-0.39, 0.29) is 5.78 Å². The van der Waals surface area contributed by atoms with Gasteiger partial charge < -0.3 is 0 Å². The maximum absolute atomic E-state index is 12.0. The van der Waals surface area contributed by atoms with Gasteiger partial charge in [0.2, 0.25) is 5.78 Å². The first-order valence-electron chi connectivity index (χ1n) is 4.70. The monoisotopic (exact) mass is 217 g/mol. The molecule has 0 aliphatic heterocycles. The molecule has 0 unspecified atom stereocenters. The Labute approximate surface area is 92.6 Å². The quantitative estimate of drug-likeness (QED) is 0.724. The Hall–Kier alpha value is -1.48.